The number of rotatable bonds is 4. The number of hydrogen-bond acceptors (Lipinski definition) is 4. The van der Waals surface area contributed by atoms with Gasteiger partial charge in [0.05, 0.1) is 16.6 Å². The third-order valence-corrected chi connectivity index (χ3v) is 4.30. The largest absolute Gasteiger partial charge is 0.298 e. The van der Waals surface area contributed by atoms with E-state index in [4.69, 9.17) is 0 Å². The average molecular weight is 295 g/mol. The van der Waals surface area contributed by atoms with Crippen LogP contribution in [0.4, 0.5) is 0 Å². The molecule has 0 fully saturated rings. The Morgan fingerprint density at radius 3 is 2.67 bits per heavy atom. The third-order valence-electron chi connectivity index (χ3n) is 3.27. The smallest absolute Gasteiger partial charge is 0.169 e. The maximum Gasteiger partial charge on any atom is 0.169 e. The molecule has 104 valence electrons. The molecular weight excluding hydrogens is 282 g/mol. The molecule has 0 amide bonds. The highest BCUT2D eigenvalue weighted by Crippen LogP contribution is 2.24. The summed E-state index contributed by atoms with van der Waals surface area (Å²) in [4.78, 5) is 27.4. The number of aryl methyl sites for hydroxylation is 1. The van der Waals surface area contributed by atoms with Crippen molar-refractivity contribution in [2.75, 3.05) is 0 Å². The second-order valence-corrected chi connectivity index (χ2v) is 6.03. The van der Waals surface area contributed by atoms with Crippen LogP contribution < -0.4 is 0 Å². The summed E-state index contributed by atoms with van der Waals surface area (Å²) >= 11 is 1.55. The van der Waals surface area contributed by atoms with Crippen LogP contribution in [0.25, 0.3) is 10.2 Å². The van der Waals surface area contributed by atoms with Crippen molar-refractivity contribution in [1.29, 1.82) is 0 Å². The van der Waals surface area contributed by atoms with Crippen LogP contribution in [0.2, 0.25) is 0 Å². The lowest BCUT2D eigenvalue weighted by Crippen LogP contribution is -2.03. The van der Waals surface area contributed by atoms with E-state index >= 15 is 0 Å². The third kappa shape index (κ3) is 2.90. The molecule has 0 N–H and O–H groups in total. The van der Waals surface area contributed by atoms with Crippen molar-refractivity contribution >= 4 is 33.6 Å². The number of aromatic nitrogens is 1. The number of benzene rings is 2. The highest BCUT2D eigenvalue weighted by Gasteiger charge is 2.11. The Morgan fingerprint density at radius 2 is 1.95 bits per heavy atom. The monoisotopic (exact) mass is 295 g/mol. The normalized spacial score (nSPS) is 10.7. The van der Waals surface area contributed by atoms with E-state index in [0.717, 1.165) is 27.1 Å². The minimum atomic E-state index is 0.0169. The van der Waals surface area contributed by atoms with Crippen LogP contribution in [0, 0.1) is 6.92 Å². The van der Waals surface area contributed by atoms with Gasteiger partial charge in [-0.2, -0.15) is 0 Å². The molecule has 0 aliphatic heterocycles. The second kappa shape index (κ2) is 5.58. The summed E-state index contributed by atoms with van der Waals surface area (Å²) in [5.74, 6) is 0.0169. The highest BCUT2D eigenvalue weighted by molar-refractivity contribution is 7.18. The Bertz CT molecular complexity index is 818. The number of nitrogens with zero attached hydrogens (tertiary/aromatic N) is 1. The number of carbonyl (C=O) groups excluding carboxylic acids is 2. The van der Waals surface area contributed by atoms with E-state index in [1.807, 2.05) is 25.1 Å². The van der Waals surface area contributed by atoms with Crippen LogP contribution in [0.1, 0.15) is 31.3 Å². The number of carbonyl (C=O) groups is 2. The van der Waals surface area contributed by atoms with E-state index in [1.165, 1.54) is 0 Å². The molecule has 0 unspecified atom stereocenters. The zero-order chi connectivity index (χ0) is 14.8. The standard InChI is InChI=1S/C17H13NO2S/c1-11-2-7-16-14(8-11)18-17(21-16)9-15(20)13-5-3-12(10-19)4-6-13/h2-8,10H,9H2,1H3. The van der Waals surface area contributed by atoms with Crippen molar-refractivity contribution < 1.29 is 9.59 Å². The van der Waals surface area contributed by atoms with E-state index in [-0.39, 0.29) is 5.78 Å². The second-order valence-electron chi connectivity index (χ2n) is 4.92. The first-order valence-corrected chi connectivity index (χ1v) is 7.42. The van der Waals surface area contributed by atoms with E-state index in [2.05, 4.69) is 4.98 Å². The number of thiazole rings is 1. The van der Waals surface area contributed by atoms with Gasteiger partial charge >= 0.3 is 0 Å². The molecule has 3 nitrogen and oxygen atoms in total. The van der Waals surface area contributed by atoms with Crippen molar-refractivity contribution in [3.63, 3.8) is 0 Å². The summed E-state index contributed by atoms with van der Waals surface area (Å²) < 4.78 is 1.10. The minimum absolute atomic E-state index is 0.0169. The summed E-state index contributed by atoms with van der Waals surface area (Å²) in [6.07, 6.45) is 1.06. The Hall–Kier alpha value is -2.33. The van der Waals surface area contributed by atoms with Gasteiger partial charge in [0.2, 0.25) is 0 Å². The van der Waals surface area contributed by atoms with Gasteiger partial charge in [-0.1, -0.05) is 30.3 Å². The molecular formula is C17H13NO2S. The van der Waals surface area contributed by atoms with Crippen LogP contribution in [0.15, 0.2) is 42.5 Å². The average Bonchev–Trinajstić information content (AvgIpc) is 2.88. The molecule has 0 aliphatic carbocycles. The number of aldehydes is 1. The predicted octanol–water partition coefficient (Wildman–Crippen LogP) is 3.84. The van der Waals surface area contributed by atoms with Gasteiger partial charge in [-0.15, -0.1) is 11.3 Å². The summed E-state index contributed by atoms with van der Waals surface area (Å²) in [6.45, 7) is 2.03. The predicted molar refractivity (Wildman–Crippen MR) is 84.2 cm³/mol. The van der Waals surface area contributed by atoms with Crippen molar-refractivity contribution in [3.8, 4) is 0 Å². The van der Waals surface area contributed by atoms with Gasteiger partial charge in [0.25, 0.3) is 0 Å². The van der Waals surface area contributed by atoms with Crippen molar-refractivity contribution in [3.05, 3.63) is 64.2 Å². The fraction of sp³-hybridized carbons (Fsp3) is 0.118. The molecule has 0 aliphatic rings. The molecule has 0 radical (unpaired) electrons. The maximum atomic E-state index is 12.2. The summed E-state index contributed by atoms with van der Waals surface area (Å²) in [7, 11) is 0. The molecule has 0 bridgehead atoms. The molecule has 3 rings (SSSR count). The van der Waals surface area contributed by atoms with Gasteiger partial charge in [0, 0.05) is 11.1 Å². The van der Waals surface area contributed by atoms with E-state index in [9.17, 15) is 9.59 Å². The molecule has 0 spiro atoms. The number of hydrogen-bond donors (Lipinski definition) is 0. The molecule has 3 aromatic rings. The Kier molecular flexibility index (Phi) is 3.62. The molecule has 21 heavy (non-hydrogen) atoms. The van der Waals surface area contributed by atoms with Gasteiger partial charge in [0.1, 0.15) is 11.3 Å². The SMILES string of the molecule is Cc1ccc2sc(CC(=O)c3ccc(C=O)cc3)nc2c1. The molecule has 0 atom stereocenters. The number of ketones is 1. The molecule has 4 heteroatoms. The quantitative estimate of drug-likeness (QED) is 0.542. The van der Waals surface area contributed by atoms with E-state index in [0.29, 0.717) is 17.5 Å². The van der Waals surface area contributed by atoms with Gasteiger partial charge in [-0.05, 0) is 24.6 Å². The Morgan fingerprint density at radius 1 is 1.19 bits per heavy atom. The van der Waals surface area contributed by atoms with Gasteiger partial charge in [-0.25, -0.2) is 4.98 Å². The van der Waals surface area contributed by atoms with Crippen molar-refractivity contribution in [2.45, 2.75) is 13.3 Å². The lowest BCUT2D eigenvalue weighted by molar-refractivity contribution is 0.0992. The zero-order valence-corrected chi connectivity index (χ0v) is 12.3. The topological polar surface area (TPSA) is 47.0 Å². The van der Waals surface area contributed by atoms with Gasteiger partial charge in [-0.3, -0.25) is 9.59 Å². The summed E-state index contributed by atoms with van der Waals surface area (Å²) in [6, 6.07) is 12.8. The van der Waals surface area contributed by atoms with E-state index < -0.39 is 0 Å². The molecule has 1 heterocycles. The van der Waals surface area contributed by atoms with Crippen molar-refractivity contribution in [2.24, 2.45) is 0 Å². The highest BCUT2D eigenvalue weighted by atomic mass is 32.1. The lowest BCUT2D eigenvalue weighted by atomic mass is 10.1. The molecule has 1 aromatic heterocycles. The first kappa shape index (κ1) is 13.6. The van der Waals surface area contributed by atoms with Crippen LogP contribution >= 0.6 is 11.3 Å². The number of Topliss-reactive ketones (excluding diaryl/α,β-unsaturated/α-hetero) is 1. The fourth-order valence-electron chi connectivity index (χ4n) is 2.15. The fourth-order valence-corrected chi connectivity index (χ4v) is 3.09. The van der Waals surface area contributed by atoms with E-state index in [1.54, 1.807) is 35.6 Å². The molecule has 0 saturated carbocycles. The molecule has 2 aromatic carbocycles. The number of fused-ring (bicyclic) bond motifs is 1. The molecule has 0 saturated heterocycles. The minimum Gasteiger partial charge on any atom is -0.298 e. The first-order chi connectivity index (χ1) is 10.2. The Balaban J connectivity index is 1.83. The zero-order valence-electron chi connectivity index (χ0n) is 11.5. The summed E-state index contributed by atoms with van der Waals surface area (Å²) in [5, 5.41) is 0.820. The van der Waals surface area contributed by atoms with Gasteiger partial charge in [0.15, 0.2) is 5.78 Å². The first-order valence-electron chi connectivity index (χ1n) is 6.60. The van der Waals surface area contributed by atoms with Crippen LogP contribution in [0.3, 0.4) is 0 Å². The Labute approximate surface area is 126 Å². The summed E-state index contributed by atoms with van der Waals surface area (Å²) in [5.41, 5.74) is 3.28. The maximum absolute atomic E-state index is 12.2. The van der Waals surface area contributed by atoms with Crippen LogP contribution in [-0.4, -0.2) is 17.1 Å². The van der Waals surface area contributed by atoms with Crippen molar-refractivity contribution in [1.82, 2.24) is 4.98 Å². The van der Waals surface area contributed by atoms with Crippen LogP contribution in [-0.2, 0) is 6.42 Å². The lowest BCUT2D eigenvalue weighted by Gasteiger charge is -1.98. The van der Waals surface area contributed by atoms with Crippen LogP contribution in [0.5, 0.6) is 0 Å². The van der Waals surface area contributed by atoms with Gasteiger partial charge < -0.3 is 0 Å².